The molecule has 0 aromatic rings. The lowest BCUT2D eigenvalue weighted by Crippen LogP contribution is -2.36. The molecule has 0 heterocycles. The van der Waals surface area contributed by atoms with Crippen LogP contribution in [0.4, 0.5) is 0 Å². The highest BCUT2D eigenvalue weighted by molar-refractivity contribution is 14.1. The highest BCUT2D eigenvalue weighted by Gasteiger charge is 2.50. The lowest BCUT2D eigenvalue weighted by Gasteiger charge is -2.44. The zero-order chi connectivity index (χ0) is 16.0. The van der Waals surface area contributed by atoms with E-state index >= 15 is 0 Å². The van der Waals surface area contributed by atoms with E-state index in [4.69, 9.17) is 0 Å². The van der Waals surface area contributed by atoms with Gasteiger partial charge in [-0.2, -0.15) is 0 Å². The first-order valence-electron chi connectivity index (χ1n) is 9.06. The molecule has 2 saturated carbocycles. The Morgan fingerprint density at radius 3 is 2.82 bits per heavy atom. The van der Waals surface area contributed by atoms with Crippen molar-refractivity contribution >= 4 is 22.6 Å². The maximum absolute atomic E-state index is 10.2. The lowest BCUT2D eigenvalue weighted by molar-refractivity contribution is 0.0756. The van der Waals surface area contributed by atoms with Crippen LogP contribution in [0.15, 0.2) is 21.8 Å². The van der Waals surface area contributed by atoms with Crippen LogP contribution in [-0.4, -0.2) is 10.7 Å². The van der Waals surface area contributed by atoms with Crippen LogP contribution in [0.25, 0.3) is 0 Å². The Hall–Kier alpha value is 0.170. The largest absolute Gasteiger partial charge is 0.386 e. The third kappa shape index (κ3) is 3.07. The van der Waals surface area contributed by atoms with E-state index in [2.05, 4.69) is 46.6 Å². The van der Waals surface area contributed by atoms with Gasteiger partial charge in [0.1, 0.15) is 0 Å². The summed E-state index contributed by atoms with van der Waals surface area (Å²) >= 11 is 2.46. The van der Waals surface area contributed by atoms with Crippen molar-refractivity contribution in [3.05, 3.63) is 21.8 Å². The third-order valence-electron chi connectivity index (χ3n) is 6.94. The van der Waals surface area contributed by atoms with Crippen LogP contribution in [0.3, 0.4) is 0 Å². The Kier molecular flexibility index (Phi) is 4.82. The van der Waals surface area contributed by atoms with Crippen molar-refractivity contribution in [1.29, 1.82) is 0 Å². The van der Waals surface area contributed by atoms with E-state index in [1.165, 1.54) is 38.5 Å². The molecular weight excluding hydrogens is 383 g/mol. The van der Waals surface area contributed by atoms with E-state index in [1.54, 1.807) is 5.57 Å². The van der Waals surface area contributed by atoms with Crippen LogP contribution in [0.1, 0.15) is 65.7 Å². The van der Waals surface area contributed by atoms with Crippen LogP contribution in [0.2, 0.25) is 0 Å². The second kappa shape index (κ2) is 6.23. The van der Waals surface area contributed by atoms with Gasteiger partial charge in [0.25, 0.3) is 0 Å². The summed E-state index contributed by atoms with van der Waals surface area (Å²) in [7, 11) is 0. The van der Waals surface area contributed by atoms with E-state index in [9.17, 15) is 5.11 Å². The molecule has 124 valence electrons. The van der Waals surface area contributed by atoms with Gasteiger partial charge in [-0.15, -0.1) is 0 Å². The molecule has 0 spiro atoms. The van der Waals surface area contributed by atoms with Crippen molar-refractivity contribution < 1.29 is 5.11 Å². The Morgan fingerprint density at radius 2 is 2.18 bits per heavy atom. The quantitative estimate of drug-likeness (QED) is 0.452. The fourth-order valence-electron chi connectivity index (χ4n) is 5.96. The van der Waals surface area contributed by atoms with Crippen LogP contribution < -0.4 is 0 Å². The monoisotopic (exact) mass is 414 g/mol. The van der Waals surface area contributed by atoms with Gasteiger partial charge in [-0.3, -0.25) is 0 Å². The first kappa shape index (κ1) is 17.0. The maximum Gasteiger partial charge on any atom is 0.0805 e. The molecule has 1 nitrogen and oxygen atoms in total. The molecule has 0 bridgehead atoms. The third-order valence-corrected chi connectivity index (χ3v) is 7.74. The minimum Gasteiger partial charge on any atom is -0.386 e. The molecule has 2 fully saturated rings. The highest BCUT2D eigenvalue weighted by atomic mass is 127. The number of halogens is 1. The van der Waals surface area contributed by atoms with E-state index in [-0.39, 0.29) is 0 Å². The minimum absolute atomic E-state index is 0.527. The average Bonchev–Trinajstić information content (AvgIpc) is 2.97. The summed E-state index contributed by atoms with van der Waals surface area (Å²) < 4.78 is 2.38. The summed E-state index contributed by atoms with van der Waals surface area (Å²) in [5.41, 5.74) is 1.70. The SMILES string of the molecule is C[C@H](C[C@H]1C=C[C@@](C)(O)C1)[C@H]1CCC2C(=CI)CCC[C@@]21C. The Labute approximate surface area is 149 Å². The normalized spacial score (nSPS) is 47.9. The van der Waals surface area contributed by atoms with E-state index in [1.807, 2.05) is 13.0 Å². The number of fused-ring (bicyclic) bond motifs is 1. The predicted octanol–water partition coefficient (Wildman–Crippen LogP) is 5.88. The molecule has 1 N–H and O–H groups in total. The second-order valence-electron chi connectivity index (χ2n) is 8.67. The van der Waals surface area contributed by atoms with Gasteiger partial charge in [-0.1, -0.05) is 54.2 Å². The summed E-state index contributed by atoms with van der Waals surface area (Å²) in [6.07, 6.45) is 13.4. The van der Waals surface area contributed by atoms with Crippen molar-refractivity contribution in [2.45, 2.75) is 71.3 Å². The van der Waals surface area contributed by atoms with Gasteiger partial charge in [0.15, 0.2) is 0 Å². The molecule has 0 aromatic carbocycles. The summed E-state index contributed by atoms with van der Waals surface area (Å²) in [5.74, 6) is 3.05. The summed E-state index contributed by atoms with van der Waals surface area (Å²) in [4.78, 5) is 0. The number of hydrogen-bond donors (Lipinski definition) is 1. The molecule has 3 rings (SSSR count). The van der Waals surface area contributed by atoms with Crippen LogP contribution in [0.5, 0.6) is 0 Å². The predicted molar refractivity (Wildman–Crippen MR) is 102 cm³/mol. The highest BCUT2D eigenvalue weighted by Crippen LogP contribution is 2.60. The van der Waals surface area contributed by atoms with Crippen molar-refractivity contribution in [2.24, 2.45) is 29.1 Å². The molecule has 3 aliphatic carbocycles. The van der Waals surface area contributed by atoms with Gasteiger partial charge in [0.05, 0.1) is 5.60 Å². The smallest absolute Gasteiger partial charge is 0.0805 e. The zero-order valence-electron chi connectivity index (χ0n) is 14.3. The molecule has 0 aromatic heterocycles. The van der Waals surface area contributed by atoms with Gasteiger partial charge >= 0.3 is 0 Å². The molecule has 3 aliphatic rings. The van der Waals surface area contributed by atoms with Crippen LogP contribution in [0, 0.1) is 29.1 Å². The molecule has 1 unspecified atom stereocenters. The lowest BCUT2D eigenvalue weighted by atomic mass is 9.61. The summed E-state index contributed by atoms with van der Waals surface area (Å²) in [6, 6.07) is 0. The van der Waals surface area contributed by atoms with E-state index in [0.29, 0.717) is 11.3 Å². The Morgan fingerprint density at radius 1 is 1.41 bits per heavy atom. The van der Waals surface area contributed by atoms with Gasteiger partial charge in [0.2, 0.25) is 0 Å². The molecule has 2 heteroatoms. The van der Waals surface area contributed by atoms with Crippen LogP contribution >= 0.6 is 22.6 Å². The summed E-state index contributed by atoms with van der Waals surface area (Å²) in [6.45, 7) is 6.99. The van der Waals surface area contributed by atoms with Gasteiger partial charge < -0.3 is 5.11 Å². The molecular formula is C20H31IO. The Balaban J connectivity index is 1.69. The van der Waals surface area contributed by atoms with Crippen molar-refractivity contribution in [3.63, 3.8) is 0 Å². The number of rotatable bonds is 3. The molecule has 6 atom stereocenters. The van der Waals surface area contributed by atoms with Gasteiger partial charge in [-0.25, -0.2) is 0 Å². The van der Waals surface area contributed by atoms with E-state index in [0.717, 1.165) is 24.2 Å². The van der Waals surface area contributed by atoms with Crippen LogP contribution in [-0.2, 0) is 0 Å². The van der Waals surface area contributed by atoms with Gasteiger partial charge in [0, 0.05) is 0 Å². The first-order chi connectivity index (χ1) is 10.4. The topological polar surface area (TPSA) is 20.2 Å². The standard InChI is InChI=1S/C20H31IO/c1-14(11-15-8-10-19(2,22)12-15)17-6-7-18-16(13-21)5-4-9-20(17,18)3/h8,10,13-15,17-18,22H,4-7,9,11-12H2,1-3H3/t14-,15-,17-,18?,19-,20-/m1/s1. The molecule has 0 radical (unpaired) electrons. The first-order valence-corrected chi connectivity index (χ1v) is 10.3. The number of hydrogen-bond acceptors (Lipinski definition) is 1. The zero-order valence-corrected chi connectivity index (χ0v) is 16.5. The van der Waals surface area contributed by atoms with E-state index < -0.39 is 5.60 Å². The molecule has 22 heavy (non-hydrogen) atoms. The fraction of sp³-hybridized carbons (Fsp3) is 0.800. The van der Waals surface area contributed by atoms with Crippen molar-refractivity contribution in [2.75, 3.05) is 0 Å². The Bertz CT molecular complexity index is 478. The number of allylic oxidation sites excluding steroid dienone is 2. The van der Waals surface area contributed by atoms with Crippen molar-refractivity contribution in [1.82, 2.24) is 0 Å². The summed E-state index contributed by atoms with van der Waals surface area (Å²) in [5, 5.41) is 10.2. The maximum atomic E-state index is 10.2. The molecule has 0 saturated heterocycles. The molecule has 0 aliphatic heterocycles. The number of aliphatic hydroxyl groups is 1. The van der Waals surface area contributed by atoms with Gasteiger partial charge in [-0.05, 0) is 85.0 Å². The average molecular weight is 414 g/mol. The van der Waals surface area contributed by atoms with Crippen molar-refractivity contribution in [3.8, 4) is 0 Å². The second-order valence-corrected chi connectivity index (χ2v) is 9.30. The minimum atomic E-state index is -0.561. The fourth-order valence-corrected chi connectivity index (χ4v) is 6.70. The molecule has 0 amide bonds.